The Kier molecular flexibility index (Phi) is 5.94. The summed E-state index contributed by atoms with van der Waals surface area (Å²) in [5.41, 5.74) is 1.60. The zero-order valence-electron chi connectivity index (χ0n) is 16.2. The van der Waals surface area contributed by atoms with Gasteiger partial charge in [-0.2, -0.15) is 0 Å². The summed E-state index contributed by atoms with van der Waals surface area (Å²) in [7, 11) is 3.17. The van der Waals surface area contributed by atoms with E-state index in [0.29, 0.717) is 52.1 Å². The van der Waals surface area contributed by atoms with Gasteiger partial charge < -0.3 is 18.3 Å². The monoisotopic (exact) mass is 428 g/mol. The predicted molar refractivity (Wildman–Crippen MR) is 106 cm³/mol. The molecule has 2 heterocycles. The fourth-order valence-corrected chi connectivity index (χ4v) is 3.30. The SMILES string of the molecule is COc1ccc(Cc2nnc(SCc3nnc(-c4ccc(F)cc4)o3)o2)cc1OC. The van der Waals surface area contributed by atoms with Crippen LogP contribution >= 0.6 is 11.8 Å². The third kappa shape index (κ3) is 4.60. The van der Waals surface area contributed by atoms with Gasteiger partial charge >= 0.3 is 0 Å². The first-order valence-corrected chi connectivity index (χ1v) is 9.87. The van der Waals surface area contributed by atoms with Crippen molar-refractivity contribution >= 4 is 11.8 Å². The minimum Gasteiger partial charge on any atom is -0.493 e. The summed E-state index contributed by atoms with van der Waals surface area (Å²) in [4.78, 5) is 0. The zero-order chi connectivity index (χ0) is 20.9. The lowest BCUT2D eigenvalue weighted by atomic mass is 10.1. The summed E-state index contributed by atoms with van der Waals surface area (Å²) in [5, 5.41) is 16.5. The van der Waals surface area contributed by atoms with E-state index in [-0.39, 0.29) is 5.82 Å². The zero-order valence-corrected chi connectivity index (χ0v) is 17.0. The lowest BCUT2D eigenvalue weighted by Crippen LogP contribution is -1.94. The minimum absolute atomic E-state index is 0.324. The van der Waals surface area contributed by atoms with E-state index in [1.54, 1.807) is 26.4 Å². The van der Waals surface area contributed by atoms with E-state index in [1.807, 2.05) is 18.2 Å². The molecule has 0 saturated heterocycles. The van der Waals surface area contributed by atoms with Crippen molar-refractivity contribution in [3.05, 3.63) is 65.6 Å². The highest BCUT2D eigenvalue weighted by Gasteiger charge is 2.13. The van der Waals surface area contributed by atoms with Crippen LogP contribution in [0.4, 0.5) is 4.39 Å². The highest BCUT2D eigenvalue weighted by Crippen LogP contribution is 2.29. The molecule has 0 atom stereocenters. The van der Waals surface area contributed by atoms with Crippen molar-refractivity contribution in [2.45, 2.75) is 17.4 Å². The summed E-state index contributed by atoms with van der Waals surface area (Å²) in [5.74, 6) is 2.53. The molecule has 0 N–H and O–H groups in total. The third-order valence-corrected chi connectivity index (χ3v) is 4.93. The number of aromatic nitrogens is 4. The molecule has 2 aromatic carbocycles. The molecule has 0 fully saturated rings. The molecule has 0 unspecified atom stereocenters. The first-order chi connectivity index (χ1) is 14.6. The second kappa shape index (κ2) is 8.95. The number of hydrogen-bond donors (Lipinski definition) is 0. The smallest absolute Gasteiger partial charge is 0.277 e. The molecule has 8 nitrogen and oxygen atoms in total. The van der Waals surface area contributed by atoms with Gasteiger partial charge in [0.15, 0.2) is 11.5 Å². The molecule has 0 amide bonds. The second-order valence-electron chi connectivity index (χ2n) is 6.12. The number of hydrogen-bond acceptors (Lipinski definition) is 9. The van der Waals surface area contributed by atoms with Gasteiger partial charge in [-0.25, -0.2) is 4.39 Å². The van der Waals surface area contributed by atoms with Gasteiger partial charge in [-0.05, 0) is 42.0 Å². The quantitative estimate of drug-likeness (QED) is 0.383. The highest BCUT2D eigenvalue weighted by atomic mass is 32.2. The Morgan fingerprint density at radius 2 is 1.63 bits per heavy atom. The molecule has 0 radical (unpaired) electrons. The Hall–Kier alpha value is -3.40. The van der Waals surface area contributed by atoms with Gasteiger partial charge in [0.2, 0.25) is 17.7 Å². The van der Waals surface area contributed by atoms with E-state index in [1.165, 1.54) is 23.9 Å². The topological polar surface area (TPSA) is 96.3 Å². The lowest BCUT2D eigenvalue weighted by Gasteiger charge is -2.08. The van der Waals surface area contributed by atoms with E-state index in [4.69, 9.17) is 18.3 Å². The Balaban J connectivity index is 1.37. The van der Waals surface area contributed by atoms with Crippen LogP contribution in [0.1, 0.15) is 17.3 Å². The van der Waals surface area contributed by atoms with Crippen LogP contribution in [-0.2, 0) is 12.2 Å². The van der Waals surface area contributed by atoms with Crippen LogP contribution in [0.3, 0.4) is 0 Å². The maximum Gasteiger partial charge on any atom is 0.277 e. The fourth-order valence-electron chi connectivity index (χ4n) is 2.68. The summed E-state index contributed by atoms with van der Waals surface area (Å²) >= 11 is 1.29. The Labute approximate surface area is 175 Å². The molecule has 0 spiro atoms. The third-order valence-electron chi connectivity index (χ3n) is 4.13. The highest BCUT2D eigenvalue weighted by molar-refractivity contribution is 7.98. The molecular weight excluding hydrogens is 411 g/mol. The van der Waals surface area contributed by atoms with Gasteiger partial charge in [0, 0.05) is 5.56 Å². The lowest BCUT2D eigenvalue weighted by molar-refractivity contribution is 0.354. The van der Waals surface area contributed by atoms with E-state index in [2.05, 4.69) is 20.4 Å². The van der Waals surface area contributed by atoms with Gasteiger partial charge in [-0.15, -0.1) is 20.4 Å². The fraction of sp³-hybridized carbons (Fsp3) is 0.200. The normalized spacial score (nSPS) is 10.9. The Morgan fingerprint density at radius 1 is 0.867 bits per heavy atom. The predicted octanol–water partition coefficient (Wildman–Crippen LogP) is 4.16. The number of benzene rings is 2. The summed E-state index contributed by atoms with van der Waals surface area (Å²) in [6.07, 6.45) is 0.461. The van der Waals surface area contributed by atoms with Crippen molar-refractivity contribution in [2.24, 2.45) is 0 Å². The Morgan fingerprint density at radius 3 is 2.40 bits per heavy atom. The summed E-state index contributed by atoms with van der Waals surface area (Å²) in [6.45, 7) is 0. The standard InChI is InChI=1S/C20H17FN4O4S/c1-26-15-8-3-12(9-16(15)27-2)10-17-22-25-20(29-17)30-11-18-23-24-19(28-18)13-4-6-14(21)7-5-13/h3-9H,10-11H2,1-2H3. The number of methoxy groups -OCH3 is 2. The Bertz CT molecular complexity index is 1130. The van der Waals surface area contributed by atoms with E-state index in [0.717, 1.165) is 5.56 Å². The van der Waals surface area contributed by atoms with Gasteiger partial charge in [-0.3, -0.25) is 0 Å². The first-order valence-electron chi connectivity index (χ1n) is 8.89. The molecule has 0 saturated carbocycles. The molecule has 0 aliphatic rings. The van der Waals surface area contributed by atoms with Crippen molar-refractivity contribution < 1.29 is 22.7 Å². The number of ether oxygens (including phenoxy) is 2. The molecule has 154 valence electrons. The summed E-state index contributed by atoms with van der Waals surface area (Å²) in [6, 6.07) is 11.4. The van der Waals surface area contributed by atoms with Crippen LogP contribution in [-0.4, -0.2) is 34.6 Å². The first kappa shape index (κ1) is 19.9. The molecule has 0 aliphatic heterocycles. The van der Waals surface area contributed by atoms with Crippen molar-refractivity contribution in [3.63, 3.8) is 0 Å². The van der Waals surface area contributed by atoms with Crippen LogP contribution in [0, 0.1) is 5.82 Å². The van der Waals surface area contributed by atoms with E-state index in [9.17, 15) is 4.39 Å². The molecule has 10 heteroatoms. The molecule has 0 bridgehead atoms. The summed E-state index contributed by atoms with van der Waals surface area (Å²) < 4.78 is 34.9. The van der Waals surface area contributed by atoms with Gasteiger partial charge in [0.25, 0.3) is 5.22 Å². The van der Waals surface area contributed by atoms with Crippen molar-refractivity contribution in [1.29, 1.82) is 0 Å². The average molecular weight is 428 g/mol. The number of rotatable bonds is 8. The van der Waals surface area contributed by atoms with Crippen molar-refractivity contribution in [2.75, 3.05) is 14.2 Å². The molecule has 2 aromatic heterocycles. The van der Waals surface area contributed by atoms with Crippen LogP contribution < -0.4 is 9.47 Å². The van der Waals surface area contributed by atoms with Gasteiger partial charge in [0.05, 0.1) is 26.4 Å². The number of thioether (sulfide) groups is 1. The van der Waals surface area contributed by atoms with Crippen LogP contribution in [0.5, 0.6) is 11.5 Å². The molecule has 30 heavy (non-hydrogen) atoms. The average Bonchev–Trinajstić information content (AvgIpc) is 3.42. The van der Waals surface area contributed by atoms with Gasteiger partial charge in [0.1, 0.15) is 5.82 Å². The van der Waals surface area contributed by atoms with Crippen LogP contribution in [0.25, 0.3) is 11.5 Å². The van der Waals surface area contributed by atoms with Gasteiger partial charge in [-0.1, -0.05) is 17.8 Å². The van der Waals surface area contributed by atoms with Crippen molar-refractivity contribution in [1.82, 2.24) is 20.4 Å². The largest absolute Gasteiger partial charge is 0.493 e. The van der Waals surface area contributed by atoms with Crippen LogP contribution in [0.2, 0.25) is 0 Å². The maximum atomic E-state index is 13.0. The molecule has 4 rings (SSSR count). The second-order valence-corrected chi connectivity index (χ2v) is 7.05. The molecule has 4 aromatic rings. The number of halogens is 1. The van der Waals surface area contributed by atoms with E-state index < -0.39 is 0 Å². The molecular formula is C20H17FN4O4S. The number of nitrogens with zero attached hydrogens (tertiary/aromatic N) is 4. The minimum atomic E-state index is -0.325. The maximum absolute atomic E-state index is 13.0. The van der Waals surface area contributed by atoms with E-state index >= 15 is 0 Å². The molecule has 0 aliphatic carbocycles. The van der Waals surface area contributed by atoms with Crippen LogP contribution in [0.15, 0.2) is 56.5 Å². The van der Waals surface area contributed by atoms with Crippen molar-refractivity contribution in [3.8, 4) is 23.0 Å².